The van der Waals surface area contributed by atoms with Gasteiger partial charge in [0.1, 0.15) is 0 Å². The standard InChI is InChI=1S/C13H25NO2/c1-10(11-5-8-16-9-6-11)14-13(4-7-15)12-2-3-12/h10-15H,2-9H2,1H3. The van der Waals surface area contributed by atoms with Crippen LogP contribution in [0.1, 0.15) is 39.0 Å². The average Bonchev–Trinajstić information content (AvgIpc) is 3.13. The molecular weight excluding hydrogens is 202 g/mol. The van der Waals surface area contributed by atoms with Gasteiger partial charge in [-0.1, -0.05) is 0 Å². The highest BCUT2D eigenvalue weighted by molar-refractivity contribution is 4.89. The molecule has 1 heterocycles. The molecule has 1 aliphatic carbocycles. The quantitative estimate of drug-likeness (QED) is 0.723. The van der Waals surface area contributed by atoms with Crippen LogP contribution in [-0.2, 0) is 4.74 Å². The zero-order chi connectivity index (χ0) is 11.4. The molecule has 0 radical (unpaired) electrons. The molecule has 1 saturated carbocycles. The van der Waals surface area contributed by atoms with Crippen molar-refractivity contribution >= 4 is 0 Å². The maximum atomic E-state index is 9.08. The van der Waals surface area contributed by atoms with Crippen molar-refractivity contribution < 1.29 is 9.84 Å². The van der Waals surface area contributed by atoms with Crippen molar-refractivity contribution in [1.82, 2.24) is 5.32 Å². The Morgan fingerprint density at radius 2 is 1.88 bits per heavy atom. The van der Waals surface area contributed by atoms with E-state index >= 15 is 0 Å². The van der Waals surface area contributed by atoms with Crippen LogP contribution in [0.15, 0.2) is 0 Å². The zero-order valence-corrected chi connectivity index (χ0v) is 10.3. The van der Waals surface area contributed by atoms with Gasteiger partial charge in [-0.05, 0) is 50.9 Å². The smallest absolute Gasteiger partial charge is 0.0469 e. The molecular formula is C13H25NO2. The summed E-state index contributed by atoms with van der Waals surface area (Å²) in [7, 11) is 0. The van der Waals surface area contributed by atoms with Crippen LogP contribution in [0.3, 0.4) is 0 Å². The van der Waals surface area contributed by atoms with E-state index in [2.05, 4.69) is 12.2 Å². The molecule has 16 heavy (non-hydrogen) atoms. The molecule has 0 spiro atoms. The number of aliphatic hydroxyl groups excluding tert-OH is 1. The number of hydrogen-bond donors (Lipinski definition) is 2. The van der Waals surface area contributed by atoms with Gasteiger partial charge in [0, 0.05) is 31.9 Å². The summed E-state index contributed by atoms with van der Waals surface area (Å²) in [5, 5.41) is 12.8. The van der Waals surface area contributed by atoms with Gasteiger partial charge in [0.2, 0.25) is 0 Å². The van der Waals surface area contributed by atoms with Crippen LogP contribution >= 0.6 is 0 Å². The topological polar surface area (TPSA) is 41.5 Å². The number of ether oxygens (including phenoxy) is 1. The van der Waals surface area contributed by atoms with Crippen molar-refractivity contribution in [2.24, 2.45) is 11.8 Å². The van der Waals surface area contributed by atoms with Gasteiger partial charge in [-0.3, -0.25) is 0 Å². The van der Waals surface area contributed by atoms with Crippen LogP contribution in [0.25, 0.3) is 0 Å². The van der Waals surface area contributed by atoms with Gasteiger partial charge in [0.25, 0.3) is 0 Å². The third-order valence-corrected chi connectivity index (χ3v) is 4.08. The fraction of sp³-hybridized carbons (Fsp3) is 1.00. The van der Waals surface area contributed by atoms with E-state index in [9.17, 15) is 0 Å². The molecule has 2 unspecified atom stereocenters. The minimum absolute atomic E-state index is 0.314. The van der Waals surface area contributed by atoms with Gasteiger partial charge >= 0.3 is 0 Å². The van der Waals surface area contributed by atoms with Gasteiger partial charge in [0.05, 0.1) is 0 Å². The second kappa shape index (κ2) is 5.99. The van der Waals surface area contributed by atoms with E-state index in [4.69, 9.17) is 9.84 Å². The summed E-state index contributed by atoms with van der Waals surface area (Å²) in [4.78, 5) is 0. The summed E-state index contributed by atoms with van der Waals surface area (Å²) in [6, 6.07) is 1.11. The Morgan fingerprint density at radius 1 is 1.19 bits per heavy atom. The first-order valence-electron chi connectivity index (χ1n) is 6.76. The minimum Gasteiger partial charge on any atom is -0.396 e. The Morgan fingerprint density at radius 3 is 2.44 bits per heavy atom. The molecule has 2 N–H and O–H groups in total. The first kappa shape index (κ1) is 12.3. The second-order valence-corrected chi connectivity index (χ2v) is 5.36. The van der Waals surface area contributed by atoms with E-state index in [1.165, 1.54) is 25.7 Å². The predicted octanol–water partition coefficient (Wildman–Crippen LogP) is 1.55. The lowest BCUT2D eigenvalue weighted by molar-refractivity contribution is 0.0533. The molecule has 0 aromatic carbocycles. The molecule has 1 saturated heterocycles. The largest absolute Gasteiger partial charge is 0.396 e. The minimum atomic E-state index is 0.314. The Kier molecular flexibility index (Phi) is 4.62. The highest BCUT2D eigenvalue weighted by Gasteiger charge is 2.32. The number of nitrogens with one attached hydrogen (secondary N) is 1. The molecule has 0 bridgehead atoms. The maximum absolute atomic E-state index is 9.08. The second-order valence-electron chi connectivity index (χ2n) is 5.36. The summed E-state index contributed by atoms with van der Waals surface area (Å²) in [5.41, 5.74) is 0. The summed E-state index contributed by atoms with van der Waals surface area (Å²) in [6.45, 7) is 4.45. The van der Waals surface area contributed by atoms with Gasteiger partial charge in [-0.2, -0.15) is 0 Å². The highest BCUT2D eigenvalue weighted by atomic mass is 16.5. The van der Waals surface area contributed by atoms with E-state index in [1.807, 2.05) is 0 Å². The number of aliphatic hydroxyl groups is 1. The Bertz CT molecular complexity index is 200. The molecule has 0 amide bonds. The van der Waals surface area contributed by atoms with Crippen molar-refractivity contribution in [3.8, 4) is 0 Å². The predicted molar refractivity (Wildman–Crippen MR) is 64.4 cm³/mol. The van der Waals surface area contributed by atoms with Gasteiger partial charge in [-0.15, -0.1) is 0 Å². The molecule has 1 aliphatic heterocycles. The SMILES string of the molecule is CC(NC(CCO)C1CC1)C1CCOCC1. The van der Waals surface area contributed by atoms with Crippen molar-refractivity contribution in [2.45, 2.75) is 51.1 Å². The maximum Gasteiger partial charge on any atom is 0.0469 e. The first-order valence-corrected chi connectivity index (χ1v) is 6.76. The first-order chi connectivity index (χ1) is 7.81. The van der Waals surface area contributed by atoms with Crippen LogP contribution in [0, 0.1) is 11.8 Å². The lowest BCUT2D eigenvalue weighted by Gasteiger charge is -2.31. The fourth-order valence-corrected chi connectivity index (χ4v) is 2.78. The molecule has 0 aromatic heterocycles. The Labute approximate surface area is 98.6 Å². The molecule has 2 aliphatic rings. The fourth-order valence-electron chi connectivity index (χ4n) is 2.78. The van der Waals surface area contributed by atoms with E-state index in [0.29, 0.717) is 18.7 Å². The lowest BCUT2D eigenvalue weighted by Crippen LogP contribution is -2.44. The summed E-state index contributed by atoms with van der Waals surface area (Å²) in [6.07, 6.45) is 5.98. The van der Waals surface area contributed by atoms with E-state index in [0.717, 1.165) is 31.5 Å². The highest BCUT2D eigenvalue weighted by Crippen LogP contribution is 2.34. The van der Waals surface area contributed by atoms with Gasteiger partial charge < -0.3 is 15.2 Å². The van der Waals surface area contributed by atoms with Crippen molar-refractivity contribution in [2.75, 3.05) is 19.8 Å². The van der Waals surface area contributed by atoms with Crippen molar-refractivity contribution in [3.05, 3.63) is 0 Å². The average molecular weight is 227 g/mol. The van der Waals surface area contributed by atoms with Crippen molar-refractivity contribution in [1.29, 1.82) is 0 Å². The number of rotatable bonds is 6. The molecule has 2 atom stereocenters. The van der Waals surface area contributed by atoms with Gasteiger partial charge in [0.15, 0.2) is 0 Å². The number of hydrogen-bond acceptors (Lipinski definition) is 3. The molecule has 2 rings (SSSR count). The Balaban J connectivity index is 1.76. The van der Waals surface area contributed by atoms with E-state index in [-0.39, 0.29) is 0 Å². The van der Waals surface area contributed by atoms with Crippen molar-refractivity contribution in [3.63, 3.8) is 0 Å². The lowest BCUT2D eigenvalue weighted by atomic mass is 9.92. The zero-order valence-electron chi connectivity index (χ0n) is 10.3. The van der Waals surface area contributed by atoms with E-state index in [1.54, 1.807) is 0 Å². The summed E-state index contributed by atoms with van der Waals surface area (Å²) >= 11 is 0. The third-order valence-electron chi connectivity index (χ3n) is 4.08. The molecule has 0 aromatic rings. The monoisotopic (exact) mass is 227 g/mol. The molecule has 3 heteroatoms. The van der Waals surface area contributed by atoms with Gasteiger partial charge in [-0.25, -0.2) is 0 Å². The van der Waals surface area contributed by atoms with Crippen LogP contribution < -0.4 is 5.32 Å². The normalized spacial score (nSPS) is 26.6. The van der Waals surface area contributed by atoms with Crippen LogP contribution in [0.5, 0.6) is 0 Å². The summed E-state index contributed by atoms with van der Waals surface area (Å²) < 4.78 is 5.39. The third kappa shape index (κ3) is 3.44. The van der Waals surface area contributed by atoms with Crippen LogP contribution in [0.2, 0.25) is 0 Å². The summed E-state index contributed by atoms with van der Waals surface area (Å²) in [5.74, 6) is 1.59. The molecule has 3 nitrogen and oxygen atoms in total. The molecule has 94 valence electrons. The van der Waals surface area contributed by atoms with Crippen LogP contribution in [0.4, 0.5) is 0 Å². The van der Waals surface area contributed by atoms with E-state index < -0.39 is 0 Å². The Hall–Kier alpha value is -0.120. The van der Waals surface area contributed by atoms with Crippen LogP contribution in [-0.4, -0.2) is 37.0 Å². The molecule has 2 fully saturated rings.